The molecule has 0 bridgehead atoms. The van der Waals surface area contributed by atoms with Gasteiger partial charge in [-0.2, -0.15) is 0 Å². The SMILES string of the molecule is COc1ccc(S(=O)(/C=C/CNC(=O)c2cc3c([nH]c2=O)CCCC3)=NCc2ccccc2)cc1F. The summed E-state index contributed by atoms with van der Waals surface area (Å²) in [6.45, 7) is 0.181. The smallest absolute Gasteiger partial charge is 0.261 e. The van der Waals surface area contributed by atoms with Gasteiger partial charge in [-0.1, -0.05) is 36.4 Å². The highest BCUT2D eigenvalue weighted by Crippen LogP contribution is 2.24. The topological polar surface area (TPSA) is 101 Å². The molecule has 2 aromatic carbocycles. The summed E-state index contributed by atoms with van der Waals surface area (Å²) < 4.78 is 37.5. The number of nitrogens with one attached hydrogen (secondary N) is 2. The molecule has 0 saturated heterocycles. The molecule has 1 aliphatic rings. The van der Waals surface area contributed by atoms with Crippen molar-refractivity contribution in [3.63, 3.8) is 0 Å². The standard InChI is InChI=1S/C27H28FN3O4S/c1-35-25-13-12-21(17-23(25)28)36(34,30-18-19-8-3-2-4-9-19)15-7-14-29-26(32)22-16-20-10-5-6-11-24(20)31-27(22)33/h2-4,7-9,12-13,15-17H,5-6,10-11,14,18H2,1H3,(H,29,32)(H,31,33)/b15-7+. The molecule has 2 N–H and O–H groups in total. The number of amides is 1. The Labute approximate surface area is 209 Å². The zero-order valence-corrected chi connectivity index (χ0v) is 20.8. The summed E-state index contributed by atoms with van der Waals surface area (Å²) in [5.74, 6) is -1.13. The van der Waals surface area contributed by atoms with Crippen molar-refractivity contribution in [2.24, 2.45) is 4.36 Å². The average molecular weight is 510 g/mol. The average Bonchev–Trinajstić information content (AvgIpc) is 2.90. The minimum absolute atomic E-state index is 0.0197. The van der Waals surface area contributed by atoms with Crippen LogP contribution in [-0.4, -0.2) is 28.8 Å². The maximum atomic E-state index is 14.4. The van der Waals surface area contributed by atoms with Crippen LogP contribution in [0.4, 0.5) is 4.39 Å². The lowest BCUT2D eigenvalue weighted by Crippen LogP contribution is -2.31. The third-order valence-corrected chi connectivity index (χ3v) is 7.99. The van der Waals surface area contributed by atoms with Crippen molar-refractivity contribution in [2.45, 2.75) is 37.1 Å². The van der Waals surface area contributed by atoms with Crippen LogP contribution in [0.15, 0.2) is 80.1 Å². The zero-order valence-electron chi connectivity index (χ0n) is 20.0. The van der Waals surface area contributed by atoms with Crippen molar-refractivity contribution >= 4 is 15.6 Å². The molecule has 36 heavy (non-hydrogen) atoms. The van der Waals surface area contributed by atoms with Crippen molar-refractivity contribution in [1.29, 1.82) is 0 Å². The molecule has 0 radical (unpaired) electrons. The van der Waals surface area contributed by atoms with Crippen LogP contribution in [-0.2, 0) is 29.1 Å². The summed E-state index contributed by atoms with van der Waals surface area (Å²) in [6, 6.07) is 15.0. The molecule has 1 amide bonds. The second kappa shape index (κ2) is 11.3. The monoisotopic (exact) mass is 509 g/mol. The maximum absolute atomic E-state index is 14.4. The van der Waals surface area contributed by atoms with Gasteiger partial charge in [-0.05, 0) is 61.1 Å². The number of methoxy groups -OCH3 is 1. The molecule has 0 saturated carbocycles. The lowest BCUT2D eigenvalue weighted by atomic mass is 9.95. The van der Waals surface area contributed by atoms with Gasteiger partial charge in [0.15, 0.2) is 11.6 Å². The van der Waals surface area contributed by atoms with Gasteiger partial charge in [0.1, 0.15) is 5.56 Å². The molecule has 7 nitrogen and oxygen atoms in total. The number of hydrogen-bond acceptors (Lipinski definition) is 5. The van der Waals surface area contributed by atoms with E-state index in [1.807, 2.05) is 30.3 Å². The van der Waals surface area contributed by atoms with Crippen LogP contribution in [0.5, 0.6) is 5.75 Å². The van der Waals surface area contributed by atoms with Gasteiger partial charge in [0, 0.05) is 17.6 Å². The van der Waals surface area contributed by atoms with E-state index in [0.717, 1.165) is 48.6 Å². The molecule has 1 atom stereocenters. The van der Waals surface area contributed by atoms with Gasteiger partial charge in [-0.3, -0.25) is 9.59 Å². The number of carbonyl (C=O) groups is 1. The summed E-state index contributed by atoms with van der Waals surface area (Å²) >= 11 is 0. The first-order valence-corrected chi connectivity index (χ1v) is 13.3. The summed E-state index contributed by atoms with van der Waals surface area (Å²) in [4.78, 5) is 28.0. The van der Waals surface area contributed by atoms with E-state index in [1.54, 1.807) is 6.07 Å². The highest BCUT2D eigenvalue weighted by Gasteiger charge is 2.17. The largest absolute Gasteiger partial charge is 0.494 e. The first kappa shape index (κ1) is 25.4. The van der Waals surface area contributed by atoms with Crippen LogP contribution in [0.3, 0.4) is 0 Å². The highest BCUT2D eigenvalue weighted by atomic mass is 32.2. The Kier molecular flexibility index (Phi) is 8.00. The van der Waals surface area contributed by atoms with Crippen molar-refractivity contribution in [3.05, 3.63) is 105 Å². The second-order valence-electron chi connectivity index (χ2n) is 8.44. The highest BCUT2D eigenvalue weighted by molar-refractivity contribution is 7.96. The van der Waals surface area contributed by atoms with E-state index in [2.05, 4.69) is 14.7 Å². The van der Waals surface area contributed by atoms with Crippen LogP contribution < -0.4 is 15.6 Å². The number of hydrogen-bond donors (Lipinski definition) is 2. The van der Waals surface area contributed by atoms with E-state index in [-0.39, 0.29) is 29.3 Å². The van der Waals surface area contributed by atoms with Gasteiger partial charge in [0.05, 0.1) is 28.3 Å². The molecular formula is C27H28FN3O4S. The van der Waals surface area contributed by atoms with Gasteiger partial charge in [0.25, 0.3) is 11.5 Å². The van der Waals surface area contributed by atoms with Crippen molar-refractivity contribution in [3.8, 4) is 5.75 Å². The van der Waals surface area contributed by atoms with Crippen LogP contribution in [0.2, 0.25) is 0 Å². The third kappa shape index (κ3) is 5.91. The van der Waals surface area contributed by atoms with Gasteiger partial charge in [0.2, 0.25) is 0 Å². The Morgan fingerprint density at radius 1 is 1.17 bits per heavy atom. The van der Waals surface area contributed by atoms with E-state index >= 15 is 0 Å². The molecule has 4 rings (SSSR count). The van der Waals surface area contributed by atoms with Gasteiger partial charge in [-0.25, -0.2) is 13.0 Å². The van der Waals surface area contributed by atoms with E-state index < -0.39 is 27.0 Å². The van der Waals surface area contributed by atoms with Crippen molar-refractivity contribution < 1.29 is 18.1 Å². The van der Waals surface area contributed by atoms with Crippen molar-refractivity contribution in [1.82, 2.24) is 10.3 Å². The fraction of sp³-hybridized carbons (Fsp3) is 0.259. The number of fused-ring (bicyclic) bond motifs is 1. The molecule has 188 valence electrons. The molecule has 1 unspecified atom stereocenters. The van der Waals surface area contributed by atoms with E-state index in [9.17, 15) is 18.2 Å². The number of pyridine rings is 1. The Balaban J connectivity index is 1.54. The number of rotatable bonds is 8. The van der Waals surface area contributed by atoms with Crippen LogP contribution in [0.25, 0.3) is 0 Å². The molecule has 3 aromatic rings. The normalized spacial score (nSPS) is 14.6. The summed E-state index contributed by atoms with van der Waals surface area (Å²) in [5, 5.41) is 4.04. The molecule has 0 aliphatic heterocycles. The number of carbonyl (C=O) groups excluding carboxylic acids is 1. The first-order valence-electron chi connectivity index (χ1n) is 11.7. The number of aryl methyl sites for hydroxylation is 2. The molecule has 1 aliphatic carbocycles. The quantitative estimate of drug-likeness (QED) is 0.471. The number of halogens is 1. The van der Waals surface area contributed by atoms with Crippen LogP contribution in [0.1, 0.15) is 40.0 Å². The maximum Gasteiger partial charge on any atom is 0.261 e. The van der Waals surface area contributed by atoms with Gasteiger partial charge < -0.3 is 15.0 Å². The number of aromatic nitrogens is 1. The predicted octanol–water partition coefficient (Wildman–Crippen LogP) is 4.37. The molecule has 9 heteroatoms. The zero-order chi connectivity index (χ0) is 25.5. The Morgan fingerprint density at radius 2 is 1.94 bits per heavy atom. The lowest BCUT2D eigenvalue weighted by Gasteiger charge is -2.15. The fourth-order valence-electron chi connectivity index (χ4n) is 4.05. The van der Waals surface area contributed by atoms with Gasteiger partial charge in [-0.15, -0.1) is 0 Å². The summed E-state index contributed by atoms with van der Waals surface area (Å²) in [7, 11) is -1.81. The molecule has 0 spiro atoms. The fourth-order valence-corrected chi connectivity index (χ4v) is 5.67. The Morgan fingerprint density at radius 3 is 2.69 bits per heavy atom. The van der Waals surface area contributed by atoms with E-state index in [0.29, 0.717) is 0 Å². The number of nitrogens with zero attached hydrogens (tertiary/aromatic N) is 1. The molecule has 1 aromatic heterocycles. The Bertz CT molecular complexity index is 1460. The Hall–Kier alpha value is -3.72. The van der Waals surface area contributed by atoms with E-state index in [1.165, 1.54) is 30.7 Å². The number of benzene rings is 2. The second-order valence-corrected chi connectivity index (χ2v) is 10.6. The summed E-state index contributed by atoms with van der Waals surface area (Å²) in [6.07, 6.45) is 5.18. The summed E-state index contributed by atoms with van der Waals surface area (Å²) in [5.41, 5.74) is 2.37. The molecular weight excluding hydrogens is 481 g/mol. The molecule has 1 heterocycles. The van der Waals surface area contributed by atoms with Gasteiger partial charge >= 0.3 is 0 Å². The minimum Gasteiger partial charge on any atom is -0.494 e. The van der Waals surface area contributed by atoms with Crippen molar-refractivity contribution in [2.75, 3.05) is 13.7 Å². The molecule has 0 fully saturated rings. The van der Waals surface area contributed by atoms with E-state index in [4.69, 9.17) is 4.74 Å². The number of H-pyrrole nitrogens is 1. The number of aromatic amines is 1. The minimum atomic E-state index is -3.17. The van der Waals surface area contributed by atoms with Crippen LogP contribution >= 0.6 is 0 Å². The predicted molar refractivity (Wildman–Crippen MR) is 137 cm³/mol. The first-order chi connectivity index (χ1) is 17.4. The third-order valence-electron chi connectivity index (χ3n) is 5.99. The lowest BCUT2D eigenvalue weighted by molar-refractivity contribution is 0.0956. The van der Waals surface area contributed by atoms with Crippen LogP contribution in [0, 0.1) is 5.82 Å². The number of ether oxygens (including phenoxy) is 1.